The van der Waals surface area contributed by atoms with Gasteiger partial charge in [-0.25, -0.2) is 0 Å². The molecule has 0 N–H and O–H groups in total. The maximum Gasteiger partial charge on any atom is 0.164 e. The molecule has 0 radical (unpaired) electrons. The van der Waals surface area contributed by atoms with Crippen LogP contribution in [-0.4, -0.2) is 37.4 Å². The average Bonchev–Trinajstić information content (AvgIpc) is 2.73. The van der Waals surface area contributed by atoms with E-state index in [9.17, 15) is 4.79 Å². The number of benzene rings is 1. The Bertz CT molecular complexity index is 409. The van der Waals surface area contributed by atoms with Gasteiger partial charge in [0.15, 0.2) is 5.78 Å². The van der Waals surface area contributed by atoms with Crippen molar-refractivity contribution in [3.63, 3.8) is 0 Å². The van der Waals surface area contributed by atoms with E-state index < -0.39 is 0 Å². The topological polar surface area (TPSA) is 29.5 Å². The fourth-order valence-electron chi connectivity index (χ4n) is 2.56. The number of ketones is 1. The molecule has 0 atom stereocenters. The van der Waals surface area contributed by atoms with Crippen molar-refractivity contribution in [2.45, 2.75) is 32.1 Å². The molecule has 0 spiro atoms. The van der Waals surface area contributed by atoms with Gasteiger partial charge in [-0.3, -0.25) is 4.79 Å². The summed E-state index contributed by atoms with van der Waals surface area (Å²) >= 11 is 0. The molecule has 0 unspecified atom stereocenters. The first kappa shape index (κ1) is 14.1. The molecule has 104 valence electrons. The fraction of sp³-hybridized carbons (Fsp3) is 0.562. The highest BCUT2D eigenvalue weighted by atomic mass is 16.5. The Balaban J connectivity index is 1.85. The third-order valence-corrected chi connectivity index (χ3v) is 3.75. The summed E-state index contributed by atoms with van der Waals surface area (Å²) in [6.45, 7) is 3.17. The van der Waals surface area contributed by atoms with Crippen LogP contribution in [-0.2, 0) is 0 Å². The lowest BCUT2D eigenvalue weighted by Gasteiger charge is -2.19. The van der Waals surface area contributed by atoms with Crippen LogP contribution < -0.4 is 4.74 Å². The van der Waals surface area contributed by atoms with Crippen LogP contribution in [0, 0.1) is 0 Å². The minimum atomic E-state index is 0.211. The maximum atomic E-state index is 12.2. The summed E-state index contributed by atoms with van der Waals surface area (Å²) in [5.74, 6) is 0.962. The molecular formula is C16H23NO2. The Hall–Kier alpha value is -1.35. The first-order valence-electron chi connectivity index (χ1n) is 7.19. The normalized spacial score (nSPS) is 16.9. The minimum absolute atomic E-state index is 0.211. The molecule has 1 aromatic rings. The van der Waals surface area contributed by atoms with E-state index in [-0.39, 0.29) is 5.78 Å². The monoisotopic (exact) mass is 261 g/mol. The van der Waals surface area contributed by atoms with E-state index in [0.29, 0.717) is 6.42 Å². The second kappa shape index (κ2) is 7.29. The smallest absolute Gasteiger partial charge is 0.164 e. The minimum Gasteiger partial charge on any atom is -0.497 e. The van der Waals surface area contributed by atoms with Crippen molar-refractivity contribution in [1.82, 2.24) is 4.90 Å². The highest BCUT2D eigenvalue weighted by Crippen LogP contribution is 2.15. The molecule has 1 saturated heterocycles. The van der Waals surface area contributed by atoms with Crippen LogP contribution in [0.25, 0.3) is 0 Å². The van der Waals surface area contributed by atoms with Crippen LogP contribution in [0.1, 0.15) is 42.5 Å². The predicted octanol–water partition coefficient (Wildman–Crippen LogP) is 3.14. The number of likely N-dealkylation sites (tertiary alicyclic amines) is 1. The molecule has 0 amide bonds. The molecule has 1 aromatic carbocycles. The lowest BCUT2D eigenvalue weighted by atomic mass is 10.1. The van der Waals surface area contributed by atoms with Crippen molar-refractivity contribution in [1.29, 1.82) is 0 Å². The van der Waals surface area contributed by atoms with Crippen molar-refractivity contribution in [3.8, 4) is 5.75 Å². The first-order valence-corrected chi connectivity index (χ1v) is 7.19. The number of hydrogen-bond donors (Lipinski definition) is 0. The number of ether oxygens (including phenoxy) is 1. The molecule has 1 fully saturated rings. The zero-order chi connectivity index (χ0) is 13.5. The number of Topliss-reactive ketones (excluding diaryl/α,β-unsaturated/α-hetero) is 1. The molecule has 1 aliphatic rings. The van der Waals surface area contributed by atoms with E-state index in [1.165, 1.54) is 25.7 Å². The number of rotatable bonds is 5. The summed E-state index contributed by atoms with van der Waals surface area (Å²) in [4.78, 5) is 14.6. The van der Waals surface area contributed by atoms with Crippen molar-refractivity contribution < 1.29 is 9.53 Å². The van der Waals surface area contributed by atoms with Crippen molar-refractivity contribution in [2.24, 2.45) is 0 Å². The van der Waals surface area contributed by atoms with Crippen LogP contribution in [0.2, 0.25) is 0 Å². The third-order valence-electron chi connectivity index (χ3n) is 3.75. The van der Waals surface area contributed by atoms with Gasteiger partial charge in [0, 0.05) is 18.5 Å². The maximum absolute atomic E-state index is 12.2. The molecule has 0 aliphatic carbocycles. The van der Waals surface area contributed by atoms with E-state index >= 15 is 0 Å². The van der Waals surface area contributed by atoms with Gasteiger partial charge in [0.1, 0.15) is 5.75 Å². The molecule has 0 saturated carbocycles. The van der Waals surface area contributed by atoms with Crippen molar-refractivity contribution in [3.05, 3.63) is 29.8 Å². The van der Waals surface area contributed by atoms with Gasteiger partial charge in [-0.2, -0.15) is 0 Å². The van der Waals surface area contributed by atoms with Crippen LogP contribution >= 0.6 is 0 Å². The number of methoxy groups -OCH3 is 1. The van der Waals surface area contributed by atoms with E-state index in [1.54, 1.807) is 7.11 Å². The predicted molar refractivity (Wildman–Crippen MR) is 76.8 cm³/mol. The van der Waals surface area contributed by atoms with E-state index in [0.717, 1.165) is 30.9 Å². The van der Waals surface area contributed by atoms with Gasteiger partial charge in [0.05, 0.1) is 7.11 Å². The third kappa shape index (κ3) is 4.35. The summed E-state index contributed by atoms with van der Waals surface area (Å²) in [6, 6.07) is 7.43. The van der Waals surface area contributed by atoms with Gasteiger partial charge in [0.25, 0.3) is 0 Å². The summed E-state index contributed by atoms with van der Waals surface area (Å²) in [7, 11) is 1.63. The largest absolute Gasteiger partial charge is 0.497 e. The summed E-state index contributed by atoms with van der Waals surface area (Å²) in [5.41, 5.74) is 0.758. The lowest BCUT2D eigenvalue weighted by molar-refractivity contribution is 0.0964. The van der Waals surface area contributed by atoms with Gasteiger partial charge in [-0.1, -0.05) is 25.0 Å². The lowest BCUT2D eigenvalue weighted by Crippen LogP contribution is -2.27. The van der Waals surface area contributed by atoms with E-state index in [4.69, 9.17) is 4.74 Å². The Kier molecular flexibility index (Phi) is 5.40. The van der Waals surface area contributed by atoms with Gasteiger partial charge >= 0.3 is 0 Å². The summed E-state index contributed by atoms with van der Waals surface area (Å²) in [6.07, 6.45) is 5.81. The highest BCUT2D eigenvalue weighted by Gasteiger charge is 2.12. The Labute approximate surface area is 115 Å². The van der Waals surface area contributed by atoms with Crippen LogP contribution in [0.5, 0.6) is 5.75 Å². The summed E-state index contributed by atoms with van der Waals surface area (Å²) in [5, 5.41) is 0. The Morgan fingerprint density at radius 3 is 2.63 bits per heavy atom. The molecule has 3 heteroatoms. The molecule has 0 aromatic heterocycles. The van der Waals surface area contributed by atoms with Crippen LogP contribution in [0.3, 0.4) is 0 Å². The molecular weight excluding hydrogens is 238 g/mol. The van der Waals surface area contributed by atoms with Crippen molar-refractivity contribution >= 4 is 5.78 Å². The van der Waals surface area contributed by atoms with E-state index in [1.807, 2.05) is 24.3 Å². The van der Waals surface area contributed by atoms with Crippen LogP contribution in [0.4, 0.5) is 0 Å². The fourth-order valence-corrected chi connectivity index (χ4v) is 2.56. The quantitative estimate of drug-likeness (QED) is 0.763. The average molecular weight is 261 g/mol. The number of carbonyl (C=O) groups excluding carboxylic acids is 1. The second-order valence-corrected chi connectivity index (χ2v) is 5.16. The number of nitrogens with zero attached hydrogens (tertiary/aromatic N) is 1. The SMILES string of the molecule is COc1cccc(C(=O)CCN2CCCCCC2)c1. The van der Waals surface area contributed by atoms with E-state index in [2.05, 4.69) is 4.90 Å². The highest BCUT2D eigenvalue weighted by molar-refractivity contribution is 5.96. The van der Waals surface area contributed by atoms with Gasteiger partial charge < -0.3 is 9.64 Å². The first-order chi connectivity index (χ1) is 9.29. The van der Waals surface area contributed by atoms with Gasteiger partial charge in [0.2, 0.25) is 0 Å². The zero-order valence-electron chi connectivity index (χ0n) is 11.7. The van der Waals surface area contributed by atoms with Gasteiger partial charge in [-0.05, 0) is 38.1 Å². The molecule has 1 aliphatic heterocycles. The number of hydrogen-bond acceptors (Lipinski definition) is 3. The molecule has 1 heterocycles. The van der Waals surface area contributed by atoms with Gasteiger partial charge in [-0.15, -0.1) is 0 Å². The second-order valence-electron chi connectivity index (χ2n) is 5.16. The standard InChI is InChI=1S/C16H23NO2/c1-19-15-8-6-7-14(13-15)16(18)9-12-17-10-4-2-3-5-11-17/h6-8,13H,2-5,9-12H2,1H3. The van der Waals surface area contributed by atoms with Crippen LogP contribution in [0.15, 0.2) is 24.3 Å². The Morgan fingerprint density at radius 2 is 1.95 bits per heavy atom. The van der Waals surface area contributed by atoms with Crippen molar-refractivity contribution in [2.75, 3.05) is 26.7 Å². The Morgan fingerprint density at radius 1 is 1.21 bits per heavy atom. The molecule has 0 bridgehead atoms. The molecule has 3 nitrogen and oxygen atoms in total. The number of carbonyl (C=O) groups is 1. The zero-order valence-corrected chi connectivity index (χ0v) is 11.7. The molecule has 2 rings (SSSR count). The molecule has 19 heavy (non-hydrogen) atoms. The summed E-state index contributed by atoms with van der Waals surface area (Å²) < 4.78 is 5.15.